The van der Waals surface area contributed by atoms with Crippen LogP contribution in [-0.2, 0) is 0 Å². The average molecular weight is 347 g/mol. The maximum absolute atomic E-state index is 11.4. The molecule has 0 spiro atoms. The standard InChI is InChI=1S/C17H21N3O3S/c21-15(16-8-5-11-24-16)12-13-6-2-1-3-10-19(13)17-14(20(22)23)7-4-9-18-17/h4-5,7-9,11,13,15,21H,1-3,6,10,12H2/t13-,15+/m0/s1. The lowest BCUT2D eigenvalue weighted by molar-refractivity contribution is -0.384. The lowest BCUT2D eigenvalue weighted by Gasteiger charge is -2.32. The second-order valence-corrected chi connectivity index (χ2v) is 7.05. The highest BCUT2D eigenvalue weighted by Crippen LogP contribution is 2.34. The quantitative estimate of drug-likeness (QED) is 0.655. The molecule has 6 nitrogen and oxygen atoms in total. The van der Waals surface area contributed by atoms with Gasteiger partial charge in [0.1, 0.15) is 0 Å². The molecule has 0 saturated carbocycles. The number of hydrogen-bond donors (Lipinski definition) is 1. The van der Waals surface area contributed by atoms with Gasteiger partial charge < -0.3 is 10.0 Å². The Labute approximate surface area is 144 Å². The molecule has 0 radical (unpaired) electrons. The summed E-state index contributed by atoms with van der Waals surface area (Å²) in [5, 5.41) is 23.8. The van der Waals surface area contributed by atoms with Crippen LogP contribution in [0.1, 0.15) is 43.1 Å². The Morgan fingerprint density at radius 1 is 1.38 bits per heavy atom. The number of aliphatic hydroxyl groups excluding tert-OH is 1. The monoisotopic (exact) mass is 347 g/mol. The molecule has 128 valence electrons. The molecule has 2 atom stereocenters. The SMILES string of the molecule is O=[N+]([O-])c1cccnc1N1CCCCC[C@H]1C[C@@H](O)c1cccs1. The molecule has 0 aromatic carbocycles. The number of aliphatic hydroxyl groups is 1. The molecule has 1 aliphatic rings. The highest BCUT2D eigenvalue weighted by Gasteiger charge is 2.30. The van der Waals surface area contributed by atoms with Gasteiger partial charge in [-0.15, -0.1) is 11.3 Å². The number of nitro groups is 1. The average Bonchev–Trinajstić information content (AvgIpc) is 3.03. The number of pyridine rings is 1. The van der Waals surface area contributed by atoms with Crippen molar-refractivity contribution >= 4 is 22.8 Å². The Balaban J connectivity index is 1.87. The molecule has 0 bridgehead atoms. The largest absolute Gasteiger partial charge is 0.387 e. The smallest absolute Gasteiger partial charge is 0.311 e. The van der Waals surface area contributed by atoms with E-state index in [0.29, 0.717) is 12.2 Å². The Morgan fingerprint density at radius 3 is 3.00 bits per heavy atom. The molecule has 7 heteroatoms. The molecule has 1 fully saturated rings. The van der Waals surface area contributed by atoms with Crippen LogP contribution in [0.5, 0.6) is 0 Å². The first-order valence-corrected chi connectivity index (χ1v) is 9.12. The summed E-state index contributed by atoms with van der Waals surface area (Å²) in [5.41, 5.74) is 0.0370. The number of anilines is 1. The van der Waals surface area contributed by atoms with Gasteiger partial charge in [-0.25, -0.2) is 4.98 Å². The van der Waals surface area contributed by atoms with Gasteiger partial charge in [-0.05, 0) is 36.8 Å². The summed E-state index contributed by atoms with van der Waals surface area (Å²) in [7, 11) is 0. The van der Waals surface area contributed by atoms with Crippen molar-refractivity contribution in [3.63, 3.8) is 0 Å². The van der Waals surface area contributed by atoms with E-state index in [1.165, 1.54) is 17.4 Å². The molecular formula is C17H21N3O3S. The highest BCUT2D eigenvalue weighted by molar-refractivity contribution is 7.10. The van der Waals surface area contributed by atoms with E-state index in [9.17, 15) is 15.2 Å². The summed E-state index contributed by atoms with van der Waals surface area (Å²) < 4.78 is 0. The van der Waals surface area contributed by atoms with E-state index >= 15 is 0 Å². The summed E-state index contributed by atoms with van der Waals surface area (Å²) in [6.07, 6.45) is 5.68. The Morgan fingerprint density at radius 2 is 2.25 bits per heavy atom. The van der Waals surface area contributed by atoms with Gasteiger partial charge in [0.15, 0.2) is 0 Å². The lowest BCUT2D eigenvalue weighted by Crippen LogP contribution is -2.37. The van der Waals surface area contributed by atoms with Gasteiger partial charge in [-0.3, -0.25) is 10.1 Å². The van der Waals surface area contributed by atoms with E-state index in [-0.39, 0.29) is 16.7 Å². The van der Waals surface area contributed by atoms with Gasteiger partial charge in [0.25, 0.3) is 0 Å². The first-order chi connectivity index (χ1) is 11.7. The summed E-state index contributed by atoms with van der Waals surface area (Å²) >= 11 is 1.54. The van der Waals surface area contributed by atoms with E-state index in [0.717, 1.165) is 37.1 Å². The second-order valence-electron chi connectivity index (χ2n) is 6.07. The van der Waals surface area contributed by atoms with Crippen molar-refractivity contribution in [2.24, 2.45) is 0 Å². The highest BCUT2D eigenvalue weighted by atomic mass is 32.1. The van der Waals surface area contributed by atoms with Gasteiger partial charge in [0.05, 0.1) is 11.0 Å². The molecule has 24 heavy (non-hydrogen) atoms. The summed E-state index contributed by atoms with van der Waals surface area (Å²) in [4.78, 5) is 18.2. The fraction of sp³-hybridized carbons (Fsp3) is 0.471. The zero-order valence-corrected chi connectivity index (χ0v) is 14.2. The van der Waals surface area contributed by atoms with E-state index in [2.05, 4.69) is 4.98 Å². The van der Waals surface area contributed by atoms with Gasteiger partial charge in [0.2, 0.25) is 5.82 Å². The van der Waals surface area contributed by atoms with E-state index in [1.54, 1.807) is 12.3 Å². The molecule has 0 amide bonds. The van der Waals surface area contributed by atoms with Crippen molar-refractivity contribution in [3.05, 3.63) is 50.8 Å². The predicted molar refractivity (Wildman–Crippen MR) is 94.4 cm³/mol. The minimum Gasteiger partial charge on any atom is -0.387 e. The van der Waals surface area contributed by atoms with Crippen LogP contribution in [0.2, 0.25) is 0 Å². The van der Waals surface area contributed by atoms with Crippen molar-refractivity contribution in [2.45, 2.75) is 44.2 Å². The predicted octanol–water partition coefficient (Wildman–Crippen LogP) is 3.92. The van der Waals surface area contributed by atoms with E-state index in [4.69, 9.17) is 0 Å². The molecule has 2 aromatic rings. The van der Waals surface area contributed by atoms with Gasteiger partial charge in [0, 0.05) is 29.7 Å². The van der Waals surface area contributed by atoms with Crippen LogP contribution in [0.3, 0.4) is 0 Å². The fourth-order valence-electron chi connectivity index (χ4n) is 3.31. The van der Waals surface area contributed by atoms with Crippen molar-refractivity contribution in [2.75, 3.05) is 11.4 Å². The molecular weight excluding hydrogens is 326 g/mol. The van der Waals surface area contributed by atoms with Crippen LogP contribution in [0.25, 0.3) is 0 Å². The van der Waals surface area contributed by atoms with Gasteiger partial charge in [-0.1, -0.05) is 18.9 Å². The molecule has 3 heterocycles. The van der Waals surface area contributed by atoms with E-state index < -0.39 is 6.10 Å². The topological polar surface area (TPSA) is 79.5 Å². The zero-order chi connectivity index (χ0) is 16.9. The second kappa shape index (κ2) is 7.72. The van der Waals surface area contributed by atoms with Crippen LogP contribution in [0.15, 0.2) is 35.8 Å². The third kappa shape index (κ3) is 3.73. The normalized spacial score (nSPS) is 19.7. The van der Waals surface area contributed by atoms with Crippen LogP contribution in [0, 0.1) is 10.1 Å². The number of nitrogens with zero attached hydrogens (tertiary/aromatic N) is 3. The first kappa shape index (κ1) is 16.9. The molecule has 3 rings (SSSR count). The van der Waals surface area contributed by atoms with Crippen LogP contribution < -0.4 is 4.90 Å². The van der Waals surface area contributed by atoms with Gasteiger partial charge in [-0.2, -0.15) is 0 Å². The van der Waals surface area contributed by atoms with Crippen molar-refractivity contribution < 1.29 is 10.0 Å². The lowest BCUT2D eigenvalue weighted by atomic mass is 10.0. The summed E-state index contributed by atoms with van der Waals surface area (Å²) in [6, 6.07) is 7.00. The Kier molecular flexibility index (Phi) is 5.42. The van der Waals surface area contributed by atoms with Crippen molar-refractivity contribution in [1.82, 2.24) is 4.98 Å². The third-order valence-electron chi connectivity index (χ3n) is 4.48. The van der Waals surface area contributed by atoms with Gasteiger partial charge >= 0.3 is 5.69 Å². The molecule has 0 unspecified atom stereocenters. The molecule has 1 N–H and O–H groups in total. The van der Waals surface area contributed by atoms with E-state index in [1.807, 2.05) is 22.4 Å². The fourth-order valence-corrected chi connectivity index (χ4v) is 4.03. The number of hydrogen-bond acceptors (Lipinski definition) is 6. The molecule has 2 aromatic heterocycles. The minimum absolute atomic E-state index is 0.0370. The zero-order valence-electron chi connectivity index (χ0n) is 13.4. The number of thiophene rings is 1. The first-order valence-electron chi connectivity index (χ1n) is 8.24. The Bertz CT molecular complexity index is 677. The number of rotatable bonds is 5. The van der Waals surface area contributed by atoms with Crippen molar-refractivity contribution in [1.29, 1.82) is 0 Å². The molecule has 1 aliphatic heterocycles. The third-order valence-corrected chi connectivity index (χ3v) is 5.45. The van der Waals surface area contributed by atoms with Crippen molar-refractivity contribution in [3.8, 4) is 0 Å². The van der Waals surface area contributed by atoms with Crippen LogP contribution in [-0.4, -0.2) is 27.6 Å². The summed E-state index contributed by atoms with van der Waals surface area (Å²) in [6.45, 7) is 0.736. The number of aromatic nitrogens is 1. The maximum atomic E-state index is 11.4. The van der Waals surface area contributed by atoms with Crippen LogP contribution >= 0.6 is 11.3 Å². The Hall–Kier alpha value is -1.99. The van der Waals surface area contributed by atoms with Crippen LogP contribution in [0.4, 0.5) is 11.5 Å². The molecule has 1 saturated heterocycles. The molecule has 0 aliphatic carbocycles. The minimum atomic E-state index is -0.543. The maximum Gasteiger partial charge on any atom is 0.311 e. The summed E-state index contributed by atoms with van der Waals surface area (Å²) in [5.74, 6) is 0.424.